The molecule has 9 heteroatoms. The molecular weight excluding hydrogens is 741 g/mol. The summed E-state index contributed by atoms with van der Waals surface area (Å²) in [5.74, 6) is -2.29. The van der Waals surface area contributed by atoms with E-state index in [2.05, 4.69) is 36.6 Å². The van der Waals surface area contributed by atoms with Gasteiger partial charge in [0.05, 0.1) is 13.2 Å². The minimum Gasteiger partial charge on any atom is -0.480 e. The highest BCUT2D eigenvalue weighted by Gasteiger charge is 2.19. The molecule has 0 aromatic rings. The van der Waals surface area contributed by atoms with Crippen molar-refractivity contribution in [1.82, 2.24) is 10.6 Å². The van der Waals surface area contributed by atoms with Crippen molar-refractivity contribution in [2.45, 2.75) is 270 Å². The molecule has 0 heterocycles. The van der Waals surface area contributed by atoms with E-state index in [9.17, 15) is 19.2 Å². The molecule has 0 spiro atoms. The van der Waals surface area contributed by atoms with Gasteiger partial charge in [0, 0.05) is 12.8 Å². The lowest BCUT2D eigenvalue weighted by Crippen LogP contribution is -2.47. The first-order chi connectivity index (χ1) is 28.8. The predicted octanol–water partition coefficient (Wildman–Crippen LogP) is 13.0. The minimum absolute atomic E-state index is 0.0392. The van der Waals surface area contributed by atoms with Crippen molar-refractivity contribution in [2.75, 3.05) is 13.2 Å². The number of amides is 2. The molecule has 0 saturated heterocycles. The zero-order chi connectivity index (χ0) is 43.3. The Labute approximate surface area is 362 Å². The van der Waals surface area contributed by atoms with E-state index >= 15 is 0 Å². The molecule has 0 saturated carbocycles. The van der Waals surface area contributed by atoms with Gasteiger partial charge in [0.1, 0.15) is 12.1 Å². The van der Waals surface area contributed by atoms with Crippen molar-refractivity contribution in [3.63, 3.8) is 0 Å². The number of aliphatic carboxylic acids is 1. The summed E-state index contributed by atoms with van der Waals surface area (Å²) in [5.41, 5.74) is 0. The molecule has 9 nitrogen and oxygen atoms in total. The van der Waals surface area contributed by atoms with Crippen molar-refractivity contribution < 1.29 is 34.1 Å². The molecule has 0 bridgehead atoms. The van der Waals surface area contributed by atoms with E-state index in [1.807, 2.05) is 0 Å². The lowest BCUT2D eigenvalue weighted by molar-refractivity contribution is -0.150. The van der Waals surface area contributed by atoms with Gasteiger partial charge in [0.2, 0.25) is 11.8 Å². The van der Waals surface area contributed by atoms with E-state index in [1.54, 1.807) is 0 Å². The molecule has 346 valence electrons. The fourth-order valence-electron chi connectivity index (χ4n) is 7.66. The first-order valence-electron chi connectivity index (χ1n) is 25.1. The number of nitrogens with one attached hydrogen (secondary N) is 2. The van der Waals surface area contributed by atoms with Crippen LogP contribution in [-0.4, -0.2) is 59.3 Å². The van der Waals surface area contributed by atoms with Gasteiger partial charge in [-0.1, -0.05) is 199 Å². The second-order valence-electron chi connectivity index (χ2n) is 17.3. The number of rotatable bonds is 46. The number of carbonyl (C=O) groups is 4. The van der Waals surface area contributed by atoms with Crippen LogP contribution in [0.4, 0.5) is 0 Å². The molecule has 2 unspecified atom stereocenters. The van der Waals surface area contributed by atoms with Gasteiger partial charge in [-0.3, -0.25) is 14.4 Å². The second kappa shape index (κ2) is 45.1. The summed E-state index contributed by atoms with van der Waals surface area (Å²) in [6.45, 7) is 3.51. The molecule has 0 aliphatic heterocycles. The zero-order valence-electron chi connectivity index (χ0n) is 38.5. The van der Waals surface area contributed by atoms with Crippen LogP contribution in [0.1, 0.15) is 258 Å². The molecular formula is C50H94N2O7. The Bertz CT molecular complexity index is 1000. The molecule has 59 heavy (non-hydrogen) atoms. The number of aliphatic hydroxyl groups excluding tert-OH is 1. The van der Waals surface area contributed by atoms with Gasteiger partial charge in [-0.15, -0.1) is 0 Å². The number of aliphatic hydroxyl groups is 1. The Morgan fingerprint density at radius 3 is 1.34 bits per heavy atom. The van der Waals surface area contributed by atoms with Gasteiger partial charge in [0.25, 0.3) is 0 Å². The maximum Gasteiger partial charge on any atom is 0.328 e. The summed E-state index contributed by atoms with van der Waals surface area (Å²) in [6, 6.07) is -1.38. The smallest absolute Gasteiger partial charge is 0.328 e. The molecule has 0 radical (unpaired) electrons. The minimum atomic E-state index is -1.38. The monoisotopic (exact) mass is 835 g/mol. The quantitative estimate of drug-likeness (QED) is 0.0272. The largest absolute Gasteiger partial charge is 0.480 e. The van der Waals surface area contributed by atoms with Gasteiger partial charge in [0.15, 0.2) is 0 Å². The van der Waals surface area contributed by atoms with Crippen molar-refractivity contribution in [3.05, 3.63) is 12.2 Å². The van der Waals surface area contributed by atoms with Crippen LogP contribution in [0.3, 0.4) is 0 Å². The predicted molar refractivity (Wildman–Crippen MR) is 245 cm³/mol. The Hall–Kier alpha value is -2.42. The molecule has 2 atom stereocenters. The average Bonchev–Trinajstić information content (AvgIpc) is 3.22. The average molecular weight is 835 g/mol. The van der Waals surface area contributed by atoms with Crippen LogP contribution in [0.25, 0.3) is 0 Å². The number of ether oxygens (including phenoxy) is 1. The fourth-order valence-corrected chi connectivity index (χ4v) is 7.66. The summed E-state index contributed by atoms with van der Waals surface area (Å²) in [4.78, 5) is 47.7. The molecule has 0 aliphatic carbocycles. The summed E-state index contributed by atoms with van der Waals surface area (Å²) in [5, 5.41) is 22.6. The summed E-state index contributed by atoms with van der Waals surface area (Å²) >= 11 is 0. The van der Waals surface area contributed by atoms with Crippen LogP contribution >= 0.6 is 0 Å². The fraction of sp³-hybridized carbons (Fsp3) is 0.880. The summed E-state index contributed by atoms with van der Waals surface area (Å²) in [7, 11) is 0. The highest BCUT2D eigenvalue weighted by atomic mass is 16.5. The normalized spacial score (nSPS) is 12.5. The van der Waals surface area contributed by atoms with Gasteiger partial charge in [-0.25, -0.2) is 4.79 Å². The highest BCUT2D eigenvalue weighted by molar-refractivity contribution is 5.87. The Kier molecular flexibility index (Phi) is 43.3. The zero-order valence-corrected chi connectivity index (χ0v) is 38.5. The molecule has 4 N–H and O–H groups in total. The third-order valence-corrected chi connectivity index (χ3v) is 11.5. The number of carboxylic acids is 1. The van der Waals surface area contributed by atoms with Crippen molar-refractivity contribution in [2.24, 2.45) is 0 Å². The second-order valence-corrected chi connectivity index (χ2v) is 17.3. The molecule has 0 aromatic carbocycles. The van der Waals surface area contributed by atoms with Crippen LogP contribution in [0, 0.1) is 0 Å². The standard InChI is InChI=1S/C50H94N2O7/c1-3-5-7-9-11-13-15-17-18-19-20-21-23-25-27-29-34-38-42-49(56)59-45(39-35-31-28-26-24-22-16-14-12-10-8-6-4-2)40-36-32-30-33-37-41-47(54)51-43-48(55)52-46(44-53)50(57)58/h26,28,45-46,53H,3-25,27,29-44H2,1-2H3,(H,51,54)(H,52,55)(H,57,58)/b28-26-. The number of esters is 1. The first kappa shape index (κ1) is 56.6. The molecule has 0 rings (SSSR count). The Morgan fingerprint density at radius 1 is 0.492 bits per heavy atom. The number of carbonyl (C=O) groups excluding carboxylic acids is 3. The number of unbranched alkanes of at least 4 members (excludes halogenated alkanes) is 30. The van der Waals surface area contributed by atoms with E-state index in [4.69, 9.17) is 14.9 Å². The third-order valence-electron chi connectivity index (χ3n) is 11.5. The summed E-state index contributed by atoms with van der Waals surface area (Å²) in [6.07, 6.45) is 49.6. The maximum atomic E-state index is 12.9. The van der Waals surface area contributed by atoms with Gasteiger partial charge in [-0.2, -0.15) is 0 Å². The van der Waals surface area contributed by atoms with Gasteiger partial charge >= 0.3 is 11.9 Å². The van der Waals surface area contributed by atoms with Crippen LogP contribution in [0.2, 0.25) is 0 Å². The van der Waals surface area contributed by atoms with Crippen molar-refractivity contribution in [1.29, 1.82) is 0 Å². The van der Waals surface area contributed by atoms with E-state index in [-0.39, 0.29) is 24.5 Å². The SMILES string of the molecule is CCCCCCCCCC/C=C\CCCC(CCCCCCCC(=O)NCC(=O)NC(CO)C(=O)O)OC(=O)CCCCCCCCCCCCCCCCCCCC. The number of hydrogen-bond acceptors (Lipinski definition) is 6. The number of hydrogen-bond donors (Lipinski definition) is 4. The van der Waals surface area contributed by atoms with Crippen molar-refractivity contribution in [3.8, 4) is 0 Å². The topological polar surface area (TPSA) is 142 Å². The van der Waals surface area contributed by atoms with Crippen LogP contribution in [0.5, 0.6) is 0 Å². The molecule has 0 aliphatic rings. The van der Waals surface area contributed by atoms with Crippen molar-refractivity contribution >= 4 is 23.8 Å². The molecule has 0 fully saturated rings. The van der Waals surface area contributed by atoms with Gasteiger partial charge in [-0.05, 0) is 57.8 Å². The number of carboxylic acid groups (broad SMARTS) is 1. The van der Waals surface area contributed by atoms with Crippen LogP contribution in [0.15, 0.2) is 12.2 Å². The van der Waals surface area contributed by atoms with E-state index in [0.717, 1.165) is 70.6 Å². The number of allylic oxidation sites excluding steroid dienone is 2. The Morgan fingerprint density at radius 2 is 0.881 bits per heavy atom. The summed E-state index contributed by atoms with van der Waals surface area (Å²) < 4.78 is 6.05. The first-order valence-corrected chi connectivity index (χ1v) is 25.1. The molecule has 0 aromatic heterocycles. The van der Waals surface area contributed by atoms with Crippen LogP contribution in [-0.2, 0) is 23.9 Å². The lowest BCUT2D eigenvalue weighted by atomic mass is 10.0. The maximum absolute atomic E-state index is 12.9. The lowest BCUT2D eigenvalue weighted by Gasteiger charge is -2.18. The van der Waals surface area contributed by atoms with Gasteiger partial charge < -0.3 is 25.6 Å². The van der Waals surface area contributed by atoms with E-state index in [0.29, 0.717) is 19.3 Å². The van der Waals surface area contributed by atoms with E-state index in [1.165, 1.54) is 154 Å². The molecule has 2 amide bonds. The van der Waals surface area contributed by atoms with Crippen LogP contribution < -0.4 is 10.6 Å². The van der Waals surface area contributed by atoms with E-state index < -0.39 is 24.5 Å². The Balaban J connectivity index is 4.27. The third kappa shape index (κ3) is 42.1. The highest BCUT2D eigenvalue weighted by Crippen LogP contribution is 2.19.